The summed E-state index contributed by atoms with van der Waals surface area (Å²) in [5, 5.41) is 13.1. The number of benzene rings is 2. The molecule has 10 heteroatoms. The van der Waals surface area contributed by atoms with E-state index in [4.69, 9.17) is 9.47 Å². The van der Waals surface area contributed by atoms with Gasteiger partial charge in [-0.05, 0) is 30.7 Å². The van der Waals surface area contributed by atoms with Gasteiger partial charge in [0.1, 0.15) is 6.61 Å². The predicted octanol–water partition coefficient (Wildman–Crippen LogP) is 5.11. The standard InChI is InChI=1S/C28H28F3N3O3S/c1-19-22(17-32)25(21-9-5-6-10-23(21)28(29,30)31)26(24(33-19)18-38-20-7-3-2-4-8-20)27(35)37-16-13-34-11-14-36-15-12-34/h2-10,25,33H,11-16,18H2,1H3. The normalized spacial score (nSPS) is 18.7. The number of dihydropyridines is 1. The van der Waals surface area contributed by atoms with Crippen LogP contribution in [0.4, 0.5) is 13.2 Å². The lowest BCUT2D eigenvalue weighted by molar-refractivity contribution is -0.141. The molecule has 0 saturated carbocycles. The number of thioether (sulfide) groups is 1. The number of carbonyl (C=O) groups excluding carboxylic acids is 1. The number of nitriles is 1. The zero-order chi connectivity index (χ0) is 27.1. The van der Waals surface area contributed by atoms with Crippen LogP contribution in [0.25, 0.3) is 0 Å². The predicted molar refractivity (Wildman–Crippen MR) is 138 cm³/mol. The van der Waals surface area contributed by atoms with Gasteiger partial charge in [0.25, 0.3) is 0 Å². The van der Waals surface area contributed by atoms with E-state index in [2.05, 4.69) is 10.2 Å². The lowest BCUT2D eigenvalue weighted by Gasteiger charge is -2.31. The van der Waals surface area contributed by atoms with Crippen LogP contribution in [0.15, 0.2) is 82.0 Å². The lowest BCUT2D eigenvalue weighted by atomic mass is 9.79. The maximum absolute atomic E-state index is 14.1. The quantitative estimate of drug-likeness (QED) is 0.366. The van der Waals surface area contributed by atoms with Crippen molar-refractivity contribution in [1.82, 2.24) is 10.2 Å². The van der Waals surface area contributed by atoms with Gasteiger partial charge in [-0.25, -0.2) is 4.79 Å². The topological polar surface area (TPSA) is 74.6 Å². The fourth-order valence-corrected chi connectivity index (χ4v) is 5.45. The van der Waals surface area contributed by atoms with E-state index in [-0.39, 0.29) is 29.1 Å². The average Bonchev–Trinajstić information content (AvgIpc) is 2.92. The van der Waals surface area contributed by atoms with E-state index in [9.17, 15) is 23.2 Å². The highest BCUT2D eigenvalue weighted by molar-refractivity contribution is 7.99. The fourth-order valence-electron chi connectivity index (χ4n) is 4.56. The van der Waals surface area contributed by atoms with E-state index >= 15 is 0 Å². The minimum Gasteiger partial charge on any atom is -0.461 e. The largest absolute Gasteiger partial charge is 0.461 e. The highest BCUT2D eigenvalue weighted by Gasteiger charge is 2.41. The van der Waals surface area contributed by atoms with Gasteiger partial charge in [0.05, 0.1) is 41.9 Å². The number of allylic oxidation sites excluding steroid dienone is 2. The highest BCUT2D eigenvalue weighted by Crippen LogP contribution is 2.44. The molecule has 2 heterocycles. The molecule has 0 aromatic heterocycles. The van der Waals surface area contributed by atoms with Crippen molar-refractivity contribution in [3.05, 3.63) is 88.3 Å². The number of esters is 1. The van der Waals surface area contributed by atoms with Gasteiger partial charge >= 0.3 is 12.1 Å². The van der Waals surface area contributed by atoms with Crippen LogP contribution in [0.3, 0.4) is 0 Å². The Labute approximate surface area is 224 Å². The van der Waals surface area contributed by atoms with Crippen molar-refractivity contribution in [2.45, 2.75) is 23.9 Å². The molecule has 4 rings (SSSR count). The zero-order valence-corrected chi connectivity index (χ0v) is 21.7. The summed E-state index contributed by atoms with van der Waals surface area (Å²) in [6.45, 7) is 4.79. The van der Waals surface area contributed by atoms with Crippen LogP contribution in [0.1, 0.15) is 24.0 Å². The maximum Gasteiger partial charge on any atom is 0.416 e. The molecule has 6 nitrogen and oxygen atoms in total. The van der Waals surface area contributed by atoms with Crippen LogP contribution in [0.2, 0.25) is 0 Å². The summed E-state index contributed by atoms with van der Waals surface area (Å²) in [5.41, 5.74) is -0.137. The summed E-state index contributed by atoms with van der Waals surface area (Å²) in [6.07, 6.45) is -4.67. The number of ether oxygens (including phenoxy) is 2. The maximum atomic E-state index is 14.1. The number of alkyl halides is 3. The fraction of sp³-hybridized carbons (Fsp3) is 0.357. The first-order valence-corrected chi connectivity index (χ1v) is 13.2. The molecule has 1 atom stereocenters. The Bertz CT molecular complexity index is 1250. The van der Waals surface area contributed by atoms with Gasteiger partial charge < -0.3 is 14.8 Å². The second kappa shape index (κ2) is 12.5. The molecule has 2 aliphatic heterocycles. The Kier molecular flexibility index (Phi) is 9.15. The summed E-state index contributed by atoms with van der Waals surface area (Å²) in [6, 6.07) is 16.6. The second-order valence-corrected chi connectivity index (χ2v) is 9.93. The van der Waals surface area contributed by atoms with E-state index in [0.29, 0.717) is 44.2 Å². The minimum atomic E-state index is -4.67. The van der Waals surface area contributed by atoms with Crippen molar-refractivity contribution in [3.8, 4) is 6.07 Å². The number of rotatable bonds is 8. The van der Waals surface area contributed by atoms with Crippen molar-refractivity contribution < 1.29 is 27.4 Å². The summed E-state index contributed by atoms with van der Waals surface area (Å²) in [7, 11) is 0. The smallest absolute Gasteiger partial charge is 0.416 e. The average molecular weight is 544 g/mol. The van der Waals surface area contributed by atoms with Gasteiger partial charge in [0.2, 0.25) is 0 Å². The third-order valence-electron chi connectivity index (χ3n) is 6.43. The minimum absolute atomic E-state index is 0.0225. The third-order valence-corrected chi connectivity index (χ3v) is 7.47. The van der Waals surface area contributed by atoms with Crippen molar-refractivity contribution in [1.29, 1.82) is 5.26 Å². The first-order chi connectivity index (χ1) is 18.3. The van der Waals surface area contributed by atoms with E-state index in [1.807, 2.05) is 36.4 Å². The van der Waals surface area contributed by atoms with Gasteiger partial charge in [0, 0.05) is 41.7 Å². The van der Waals surface area contributed by atoms with Crippen LogP contribution in [0, 0.1) is 11.3 Å². The lowest BCUT2D eigenvalue weighted by Crippen LogP contribution is -2.39. The van der Waals surface area contributed by atoms with Crippen molar-refractivity contribution in [2.75, 3.05) is 45.2 Å². The number of hydrogen-bond donors (Lipinski definition) is 1. The number of nitrogens with one attached hydrogen (secondary N) is 1. The molecule has 0 aliphatic carbocycles. The van der Waals surface area contributed by atoms with E-state index in [1.165, 1.54) is 30.0 Å². The number of morpholine rings is 1. The number of nitrogens with zero attached hydrogens (tertiary/aromatic N) is 2. The summed E-state index contributed by atoms with van der Waals surface area (Å²) in [5.74, 6) is -1.68. The van der Waals surface area contributed by atoms with Gasteiger partial charge in [-0.1, -0.05) is 36.4 Å². The number of carbonyl (C=O) groups is 1. The van der Waals surface area contributed by atoms with Crippen molar-refractivity contribution >= 4 is 17.7 Å². The van der Waals surface area contributed by atoms with Crippen LogP contribution >= 0.6 is 11.8 Å². The van der Waals surface area contributed by atoms with Crippen molar-refractivity contribution in [2.24, 2.45) is 0 Å². The molecular weight excluding hydrogens is 515 g/mol. The molecule has 0 amide bonds. The molecule has 0 bridgehead atoms. The molecule has 1 fully saturated rings. The summed E-state index contributed by atoms with van der Waals surface area (Å²) < 4.78 is 53.2. The van der Waals surface area contributed by atoms with Gasteiger partial charge in [-0.2, -0.15) is 18.4 Å². The van der Waals surface area contributed by atoms with Gasteiger partial charge in [-0.3, -0.25) is 4.90 Å². The monoisotopic (exact) mass is 543 g/mol. The SMILES string of the molecule is CC1=C(C#N)C(c2ccccc2C(F)(F)F)C(C(=O)OCCN2CCOCC2)=C(CSc2ccccc2)N1. The number of hydrogen-bond acceptors (Lipinski definition) is 7. The zero-order valence-electron chi connectivity index (χ0n) is 20.9. The molecule has 1 N–H and O–H groups in total. The first-order valence-electron chi connectivity index (χ1n) is 12.2. The van der Waals surface area contributed by atoms with E-state index in [0.717, 1.165) is 11.0 Å². The summed E-state index contributed by atoms with van der Waals surface area (Å²) >= 11 is 1.43. The molecule has 0 spiro atoms. The molecule has 0 radical (unpaired) electrons. The number of halogens is 3. The Morgan fingerprint density at radius 1 is 1.16 bits per heavy atom. The molecule has 1 unspecified atom stereocenters. The Morgan fingerprint density at radius 3 is 2.53 bits per heavy atom. The van der Waals surface area contributed by atoms with Crippen LogP contribution < -0.4 is 5.32 Å². The molecule has 2 aromatic rings. The van der Waals surface area contributed by atoms with Crippen LogP contribution in [-0.4, -0.2) is 56.1 Å². The second-order valence-electron chi connectivity index (χ2n) is 8.88. The van der Waals surface area contributed by atoms with E-state index < -0.39 is 23.6 Å². The van der Waals surface area contributed by atoms with Crippen molar-refractivity contribution in [3.63, 3.8) is 0 Å². The molecule has 2 aliphatic rings. The Hall–Kier alpha value is -3.26. The third kappa shape index (κ3) is 6.59. The molecular formula is C28H28F3N3O3S. The first kappa shape index (κ1) is 27.8. The molecule has 38 heavy (non-hydrogen) atoms. The van der Waals surface area contributed by atoms with Gasteiger partial charge in [0.15, 0.2) is 0 Å². The van der Waals surface area contributed by atoms with Crippen LogP contribution in [0.5, 0.6) is 0 Å². The Balaban J connectivity index is 1.72. The van der Waals surface area contributed by atoms with E-state index in [1.54, 1.807) is 6.92 Å². The molecule has 2 aromatic carbocycles. The Morgan fingerprint density at radius 2 is 1.84 bits per heavy atom. The molecule has 200 valence electrons. The molecule has 1 saturated heterocycles. The van der Waals surface area contributed by atoms with Gasteiger partial charge in [-0.15, -0.1) is 11.8 Å². The highest BCUT2D eigenvalue weighted by atomic mass is 32.2. The van der Waals surface area contributed by atoms with Crippen LogP contribution in [-0.2, 0) is 20.4 Å². The summed E-state index contributed by atoms with van der Waals surface area (Å²) in [4.78, 5) is 16.6.